The van der Waals surface area contributed by atoms with Gasteiger partial charge in [-0.15, -0.1) is 0 Å². The highest BCUT2D eigenvalue weighted by atomic mass is 19.1. The highest BCUT2D eigenvalue weighted by Gasteiger charge is 2.22. The van der Waals surface area contributed by atoms with Gasteiger partial charge in [0.15, 0.2) is 0 Å². The largest absolute Gasteiger partial charge is 0.352 e. The van der Waals surface area contributed by atoms with Gasteiger partial charge in [0.2, 0.25) is 5.91 Å². The molecule has 0 fully saturated rings. The van der Waals surface area contributed by atoms with Gasteiger partial charge in [-0.05, 0) is 54.7 Å². The number of amides is 2. The molecule has 2 aromatic carbocycles. The van der Waals surface area contributed by atoms with E-state index in [2.05, 4.69) is 22.8 Å². The van der Waals surface area contributed by atoms with Crippen LogP contribution in [-0.4, -0.2) is 18.4 Å². The van der Waals surface area contributed by atoms with E-state index in [1.807, 2.05) is 12.1 Å². The average Bonchev–Trinajstić information content (AvgIpc) is 3.02. The first kappa shape index (κ1) is 17.1. The van der Waals surface area contributed by atoms with Crippen molar-refractivity contribution in [2.75, 3.05) is 6.54 Å². The van der Waals surface area contributed by atoms with Crippen molar-refractivity contribution in [3.63, 3.8) is 0 Å². The normalized spacial score (nSPS) is 15.5. The Balaban J connectivity index is 1.39. The zero-order chi connectivity index (χ0) is 17.6. The first-order valence-corrected chi connectivity index (χ1v) is 8.54. The minimum absolute atomic E-state index is 0.00210. The monoisotopic (exact) mass is 340 g/mol. The standard InChI is InChI=1S/C20H21FN2O2/c21-16-10-7-15(8-11-16)20(25)22-13-3-6-19(24)23-18-12-9-14-4-1-2-5-17(14)18/h1-2,4-5,7-8,10-11,18H,3,6,9,12-13H2,(H,22,25)(H,23,24)/t18-/m1/s1. The molecule has 0 heterocycles. The molecule has 0 aromatic heterocycles. The highest BCUT2D eigenvalue weighted by Crippen LogP contribution is 2.30. The molecule has 0 saturated heterocycles. The Morgan fingerprint density at radius 1 is 1.08 bits per heavy atom. The minimum Gasteiger partial charge on any atom is -0.352 e. The van der Waals surface area contributed by atoms with Gasteiger partial charge >= 0.3 is 0 Å². The van der Waals surface area contributed by atoms with Gasteiger partial charge in [0.1, 0.15) is 5.82 Å². The zero-order valence-electron chi connectivity index (χ0n) is 13.9. The van der Waals surface area contributed by atoms with E-state index < -0.39 is 0 Å². The summed E-state index contributed by atoms with van der Waals surface area (Å²) in [6, 6.07) is 13.7. The number of aryl methyl sites for hydroxylation is 1. The van der Waals surface area contributed by atoms with Crippen LogP contribution in [0.1, 0.15) is 46.8 Å². The maximum absolute atomic E-state index is 12.8. The molecule has 0 aliphatic heterocycles. The van der Waals surface area contributed by atoms with Gasteiger partial charge in [0.25, 0.3) is 5.91 Å². The van der Waals surface area contributed by atoms with Crippen molar-refractivity contribution < 1.29 is 14.0 Å². The predicted molar refractivity (Wildman–Crippen MR) is 93.6 cm³/mol. The summed E-state index contributed by atoms with van der Waals surface area (Å²) in [6.07, 6.45) is 2.86. The van der Waals surface area contributed by atoms with Crippen LogP contribution < -0.4 is 10.6 Å². The summed E-state index contributed by atoms with van der Waals surface area (Å²) >= 11 is 0. The van der Waals surface area contributed by atoms with Crippen molar-refractivity contribution in [3.05, 3.63) is 71.0 Å². The number of hydrogen-bond acceptors (Lipinski definition) is 2. The molecular formula is C20H21FN2O2. The SMILES string of the molecule is O=C(CCCNC(=O)c1ccc(F)cc1)N[C@@H]1CCc2ccccc21. The van der Waals surface area contributed by atoms with Crippen LogP contribution in [0.5, 0.6) is 0 Å². The van der Waals surface area contributed by atoms with Gasteiger partial charge < -0.3 is 10.6 Å². The third kappa shape index (κ3) is 4.44. The number of benzene rings is 2. The number of hydrogen-bond donors (Lipinski definition) is 2. The highest BCUT2D eigenvalue weighted by molar-refractivity contribution is 5.94. The van der Waals surface area contributed by atoms with Crippen LogP contribution >= 0.6 is 0 Å². The van der Waals surface area contributed by atoms with Crippen molar-refractivity contribution in [3.8, 4) is 0 Å². The van der Waals surface area contributed by atoms with E-state index in [4.69, 9.17) is 0 Å². The van der Waals surface area contributed by atoms with Crippen LogP contribution in [0.25, 0.3) is 0 Å². The second-order valence-electron chi connectivity index (χ2n) is 6.22. The van der Waals surface area contributed by atoms with Crippen LogP contribution in [0, 0.1) is 5.82 Å². The van der Waals surface area contributed by atoms with E-state index in [1.54, 1.807) is 0 Å². The van der Waals surface area contributed by atoms with Crippen molar-refractivity contribution in [2.24, 2.45) is 0 Å². The number of carbonyl (C=O) groups excluding carboxylic acids is 2. The lowest BCUT2D eigenvalue weighted by Crippen LogP contribution is -2.29. The number of fused-ring (bicyclic) bond motifs is 1. The lowest BCUT2D eigenvalue weighted by molar-refractivity contribution is -0.121. The van der Waals surface area contributed by atoms with Crippen LogP contribution in [0.4, 0.5) is 4.39 Å². The van der Waals surface area contributed by atoms with E-state index in [-0.39, 0.29) is 23.7 Å². The molecule has 130 valence electrons. The summed E-state index contributed by atoms with van der Waals surface area (Å²) in [7, 11) is 0. The molecule has 0 saturated carbocycles. The lowest BCUT2D eigenvalue weighted by atomic mass is 10.1. The van der Waals surface area contributed by atoms with Gasteiger partial charge in [-0.3, -0.25) is 9.59 Å². The molecule has 4 nitrogen and oxygen atoms in total. The van der Waals surface area contributed by atoms with E-state index >= 15 is 0 Å². The van der Waals surface area contributed by atoms with Crippen LogP contribution in [-0.2, 0) is 11.2 Å². The Bertz CT molecular complexity index is 759. The smallest absolute Gasteiger partial charge is 0.251 e. The molecule has 1 atom stereocenters. The molecule has 1 aliphatic carbocycles. The van der Waals surface area contributed by atoms with E-state index in [9.17, 15) is 14.0 Å². The molecule has 3 rings (SSSR count). The van der Waals surface area contributed by atoms with E-state index in [0.29, 0.717) is 24.9 Å². The Hall–Kier alpha value is -2.69. The quantitative estimate of drug-likeness (QED) is 0.794. The number of rotatable bonds is 6. The summed E-state index contributed by atoms with van der Waals surface area (Å²) in [5.41, 5.74) is 2.92. The molecule has 5 heteroatoms. The first-order valence-electron chi connectivity index (χ1n) is 8.54. The molecule has 1 aliphatic rings. The van der Waals surface area contributed by atoms with Crippen LogP contribution in [0.15, 0.2) is 48.5 Å². The molecule has 25 heavy (non-hydrogen) atoms. The number of nitrogens with one attached hydrogen (secondary N) is 2. The van der Waals surface area contributed by atoms with Crippen molar-refractivity contribution in [1.82, 2.24) is 10.6 Å². The van der Waals surface area contributed by atoms with Crippen molar-refractivity contribution >= 4 is 11.8 Å². The average molecular weight is 340 g/mol. The van der Waals surface area contributed by atoms with Gasteiger partial charge in [0, 0.05) is 18.5 Å². The third-order valence-electron chi connectivity index (χ3n) is 4.44. The summed E-state index contributed by atoms with van der Waals surface area (Å²) in [5, 5.41) is 5.81. The number of halogens is 1. The third-order valence-corrected chi connectivity index (χ3v) is 4.44. The molecule has 0 unspecified atom stereocenters. The summed E-state index contributed by atoms with van der Waals surface area (Å²) in [6.45, 7) is 0.408. The van der Waals surface area contributed by atoms with Crippen LogP contribution in [0.2, 0.25) is 0 Å². The van der Waals surface area contributed by atoms with E-state index in [1.165, 1.54) is 35.4 Å². The maximum atomic E-state index is 12.8. The molecular weight excluding hydrogens is 319 g/mol. The first-order chi connectivity index (χ1) is 12.1. The predicted octanol–water partition coefficient (Wildman–Crippen LogP) is 3.14. The molecule has 2 N–H and O–H groups in total. The van der Waals surface area contributed by atoms with Gasteiger partial charge in [-0.1, -0.05) is 24.3 Å². The number of carbonyl (C=O) groups is 2. The second-order valence-corrected chi connectivity index (χ2v) is 6.22. The van der Waals surface area contributed by atoms with Crippen molar-refractivity contribution in [1.29, 1.82) is 0 Å². The van der Waals surface area contributed by atoms with Crippen LogP contribution in [0.3, 0.4) is 0 Å². The maximum Gasteiger partial charge on any atom is 0.251 e. The fourth-order valence-corrected chi connectivity index (χ4v) is 3.13. The topological polar surface area (TPSA) is 58.2 Å². The minimum atomic E-state index is -0.373. The summed E-state index contributed by atoms with van der Waals surface area (Å²) in [5.74, 6) is -0.635. The second kappa shape index (κ2) is 7.92. The molecule has 2 aromatic rings. The Labute approximate surface area is 146 Å². The fourth-order valence-electron chi connectivity index (χ4n) is 3.13. The van der Waals surface area contributed by atoms with Gasteiger partial charge in [0.05, 0.1) is 6.04 Å². The molecule has 0 spiro atoms. The molecule has 2 amide bonds. The molecule has 0 radical (unpaired) electrons. The fraction of sp³-hybridized carbons (Fsp3) is 0.300. The Morgan fingerprint density at radius 2 is 1.84 bits per heavy atom. The zero-order valence-corrected chi connectivity index (χ0v) is 13.9. The Morgan fingerprint density at radius 3 is 2.64 bits per heavy atom. The van der Waals surface area contributed by atoms with E-state index in [0.717, 1.165) is 12.8 Å². The molecule has 0 bridgehead atoms. The van der Waals surface area contributed by atoms with Gasteiger partial charge in [-0.25, -0.2) is 4.39 Å². The summed E-state index contributed by atoms with van der Waals surface area (Å²) < 4.78 is 12.8. The lowest BCUT2D eigenvalue weighted by Gasteiger charge is -2.14. The Kier molecular flexibility index (Phi) is 5.43. The van der Waals surface area contributed by atoms with Gasteiger partial charge in [-0.2, -0.15) is 0 Å². The van der Waals surface area contributed by atoms with Crippen molar-refractivity contribution in [2.45, 2.75) is 31.7 Å². The summed E-state index contributed by atoms with van der Waals surface area (Å²) in [4.78, 5) is 24.0.